The number of fused-ring (bicyclic) bond motifs is 1. The molecule has 2 aliphatic rings. The Balaban J connectivity index is 1.29. The van der Waals surface area contributed by atoms with Gasteiger partial charge < -0.3 is 20.0 Å². The van der Waals surface area contributed by atoms with Crippen LogP contribution >= 0.6 is 0 Å². The molecule has 158 valence electrons. The van der Waals surface area contributed by atoms with Crippen LogP contribution in [-0.2, 0) is 17.8 Å². The fraction of sp³-hybridized carbons (Fsp3) is 0.417. The van der Waals surface area contributed by atoms with Gasteiger partial charge in [0.25, 0.3) is 0 Å². The summed E-state index contributed by atoms with van der Waals surface area (Å²) in [6.07, 6.45) is 2.51. The summed E-state index contributed by atoms with van der Waals surface area (Å²) in [5, 5.41) is 3.05. The van der Waals surface area contributed by atoms with E-state index in [-0.39, 0.29) is 17.9 Å². The van der Waals surface area contributed by atoms with Crippen molar-refractivity contribution in [1.29, 1.82) is 0 Å². The van der Waals surface area contributed by atoms with Gasteiger partial charge in [-0.1, -0.05) is 30.3 Å². The average Bonchev–Trinajstić information content (AvgIpc) is 3.17. The minimum atomic E-state index is -0.0445. The number of carbonyl (C=O) groups is 2. The second kappa shape index (κ2) is 8.78. The van der Waals surface area contributed by atoms with E-state index >= 15 is 0 Å². The van der Waals surface area contributed by atoms with Gasteiger partial charge in [-0.2, -0.15) is 0 Å². The predicted octanol–water partition coefficient (Wildman–Crippen LogP) is 3.58. The molecule has 0 spiro atoms. The van der Waals surface area contributed by atoms with Crippen molar-refractivity contribution in [2.45, 2.75) is 25.8 Å². The molecule has 0 bridgehead atoms. The third-order valence-electron chi connectivity index (χ3n) is 6.10. The van der Waals surface area contributed by atoms with Crippen LogP contribution in [0.1, 0.15) is 24.0 Å². The van der Waals surface area contributed by atoms with Gasteiger partial charge >= 0.3 is 6.03 Å². The quantitative estimate of drug-likeness (QED) is 0.844. The van der Waals surface area contributed by atoms with Crippen LogP contribution in [0.5, 0.6) is 0 Å². The van der Waals surface area contributed by atoms with Crippen LogP contribution in [0.3, 0.4) is 0 Å². The lowest BCUT2D eigenvalue weighted by Crippen LogP contribution is -2.45. The van der Waals surface area contributed by atoms with Crippen molar-refractivity contribution in [3.8, 4) is 0 Å². The predicted molar refractivity (Wildman–Crippen MR) is 120 cm³/mol. The van der Waals surface area contributed by atoms with Crippen molar-refractivity contribution >= 4 is 23.3 Å². The molecular formula is C24H30N4O2. The number of likely N-dealkylation sites (tertiary alicyclic amines) is 1. The molecule has 1 saturated heterocycles. The lowest BCUT2D eigenvalue weighted by atomic mass is 9.96. The van der Waals surface area contributed by atoms with Crippen LogP contribution in [0.4, 0.5) is 16.2 Å². The number of rotatable bonds is 4. The van der Waals surface area contributed by atoms with Gasteiger partial charge in [0.05, 0.1) is 0 Å². The molecule has 4 rings (SSSR count). The second-order valence-corrected chi connectivity index (χ2v) is 8.42. The minimum Gasteiger partial charge on any atom is -0.367 e. The Morgan fingerprint density at radius 1 is 1.00 bits per heavy atom. The Hall–Kier alpha value is -3.02. The summed E-state index contributed by atoms with van der Waals surface area (Å²) >= 11 is 0. The highest BCUT2D eigenvalue weighted by Crippen LogP contribution is 2.29. The molecule has 2 aliphatic heterocycles. The van der Waals surface area contributed by atoms with Gasteiger partial charge in [0.15, 0.2) is 0 Å². The maximum Gasteiger partial charge on any atom is 0.319 e. The maximum atomic E-state index is 12.6. The highest BCUT2D eigenvalue weighted by molar-refractivity contribution is 5.92. The lowest BCUT2D eigenvalue weighted by molar-refractivity contribution is -0.121. The summed E-state index contributed by atoms with van der Waals surface area (Å²) in [7, 11) is 3.51. The number of amides is 3. The summed E-state index contributed by atoms with van der Waals surface area (Å²) in [6, 6.07) is 16.8. The Labute approximate surface area is 178 Å². The van der Waals surface area contributed by atoms with E-state index in [1.54, 1.807) is 19.0 Å². The molecule has 0 unspecified atom stereocenters. The zero-order valence-corrected chi connectivity index (χ0v) is 17.8. The Bertz CT molecular complexity index is 902. The third kappa shape index (κ3) is 4.42. The maximum absolute atomic E-state index is 12.6. The van der Waals surface area contributed by atoms with Crippen molar-refractivity contribution in [2.75, 3.05) is 43.9 Å². The second-order valence-electron chi connectivity index (χ2n) is 8.42. The number of hydrogen-bond donors (Lipinski definition) is 1. The molecule has 6 nitrogen and oxygen atoms in total. The van der Waals surface area contributed by atoms with Crippen molar-refractivity contribution in [3.05, 3.63) is 59.7 Å². The fourth-order valence-corrected chi connectivity index (χ4v) is 4.34. The number of carbonyl (C=O) groups excluding carboxylic acids is 2. The molecule has 6 heteroatoms. The van der Waals surface area contributed by atoms with E-state index in [2.05, 4.69) is 46.6 Å². The first kappa shape index (κ1) is 20.3. The summed E-state index contributed by atoms with van der Waals surface area (Å²) in [5.74, 6) is 0.00478. The molecule has 2 heterocycles. The standard InChI is InChI=1S/C24H30N4O2/c1-26(2)24(30)27-14-12-20(13-15-27)23(29)25-21-9-7-18(8-10-21)17-28-16-11-19-5-3-4-6-22(19)28/h3-10,20H,11-17H2,1-2H3,(H,25,29). The number of urea groups is 1. The molecule has 1 fully saturated rings. The van der Waals surface area contributed by atoms with Crippen LogP contribution in [0, 0.1) is 5.92 Å². The molecule has 0 atom stereocenters. The number of nitrogens with zero attached hydrogens (tertiary/aromatic N) is 3. The molecule has 2 aromatic carbocycles. The van der Waals surface area contributed by atoms with Crippen LogP contribution < -0.4 is 10.2 Å². The molecule has 0 aromatic heterocycles. The Morgan fingerprint density at radius 3 is 2.40 bits per heavy atom. The van der Waals surface area contributed by atoms with Crippen molar-refractivity contribution < 1.29 is 9.59 Å². The SMILES string of the molecule is CN(C)C(=O)N1CCC(C(=O)Nc2ccc(CN3CCc4ccccc43)cc2)CC1. The van der Waals surface area contributed by atoms with E-state index < -0.39 is 0 Å². The summed E-state index contributed by atoms with van der Waals surface area (Å²) < 4.78 is 0. The van der Waals surface area contributed by atoms with E-state index in [0.29, 0.717) is 25.9 Å². The summed E-state index contributed by atoms with van der Waals surface area (Å²) in [5.41, 5.74) is 4.81. The summed E-state index contributed by atoms with van der Waals surface area (Å²) in [6.45, 7) is 3.19. The number of piperidine rings is 1. The van der Waals surface area contributed by atoms with E-state index in [0.717, 1.165) is 25.2 Å². The highest BCUT2D eigenvalue weighted by atomic mass is 16.2. The molecule has 0 saturated carbocycles. The first-order valence-corrected chi connectivity index (χ1v) is 10.7. The smallest absolute Gasteiger partial charge is 0.319 e. The number of benzene rings is 2. The average molecular weight is 407 g/mol. The van der Waals surface area contributed by atoms with Crippen LogP contribution in [0.15, 0.2) is 48.5 Å². The first-order chi connectivity index (χ1) is 14.5. The first-order valence-electron chi connectivity index (χ1n) is 10.7. The largest absolute Gasteiger partial charge is 0.367 e. The monoisotopic (exact) mass is 406 g/mol. The number of nitrogens with one attached hydrogen (secondary N) is 1. The molecule has 1 N–H and O–H groups in total. The van der Waals surface area contributed by atoms with Gasteiger partial charge in [0.1, 0.15) is 0 Å². The van der Waals surface area contributed by atoms with Crippen molar-refractivity contribution in [2.24, 2.45) is 5.92 Å². The van der Waals surface area contributed by atoms with E-state index in [1.165, 1.54) is 16.8 Å². The Kier molecular flexibility index (Phi) is 5.93. The zero-order valence-electron chi connectivity index (χ0n) is 17.8. The topological polar surface area (TPSA) is 55.9 Å². The zero-order chi connectivity index (χ0) is 21.1. The van der Waals surface area contributed by atoms with Crippen molar-refractivity contribution in [1.82, 2.24) is 9.80 Å². The van der Waals surface area contributed by atoms with Gasteiger partial charge in [-0.05, 0) is 48.6 Å². The number of hydrogen-bond acceptors (Lipinski definition) is 3. The van der Waals surface area contributed by atoms with Gasteiger partial charge in [0, 0.05) is 57.6 Å². The molecule has 0 aliphatic carbocycles. The molecule has 2 aromatic rings. The van der Waals surface area contributed by atoms with Crippen LogP contribution in [0.2, 0.25) is 0 Å². The number of anilines is 2. The summed E-state index contributed by atoms with van der Waals surface area (Å²) in [4.78, 5) is 30.5. The number of para-hydroxylation sites is 1. The third-order valence-corrected chi connectivity index (χ3v) is 6.10. The molecule has 0 radical (unpaired) electrons. The van der Waals surface area contributed by atoms with Gasteiger partial charge in [-0.25, -0.2) is 4.79 Å². The highest BCUT2D eigenvalue weighted by Gasteiger charge is 2.28. The van der Waals surface area contributed by atoms with Crippen molar-refractivity contribution in [3.63, 3.8) is 0 Å². The van der Waals surface area contributed by atoms with E-state index in [4.69, 9.17) is 0 Å². The van der Waals surface area contributed by atoms with Gasteiger partial charge in [0.2, 0.25) is 5.91 Å². The minimum absolute atomic E-state index is 0.0186. The van der Waals surface area contributed by atoms with Gasteiger partial charge in [-0.15, -0.1) is 0 Å². The van der Waals surface area contributed by atoms with E-state index in [9.17, 15) is 9.59 Å². The van der Waals surface area contributed by atoms with Crippen LogP contribution in [-0.4, -0.2) is 55.5 Å². The Morgan fingerprint density at radius 2 is 1.70 bits per heavy atom. The lowest BCUT2D eigenvalue weighted by Gasteiger charge is -2.33. The van der Waals surface area contributed by atoms with E-state index in [1.807, 2.05) is 17.0 Å². The molecule has 3 amide bonds. The van der Waals surface area contributed by atoms with Crippen LogP contribution in [0.25, 0.3) is 0 Å². The molecular weight excluding hydrogens is 376 g/mol. The fourth-order valence-electron chi connectivity index (χ4n) is 4.34. The van der Waals surface area contributed by atoms with Gasteiger partial charge in [-0.3, -0.25) is 4.79 Å². The normalized spacial score (nSPS) is 16.3. The molecule has 30 heavy (non-hydrogen) atoms.